The van der Waals surface area contributed by atoms with Gasteiger partial charge in [-0.1, -0.05) is 45.9 Å². The van der Waals surface area contributed by atoms with E-state index >= 15 is 0 Å². The highest BCUT2D eigenvalue weighted by Gasteiger charge is 2.52. The molecule has 2 fully saturated rings. The van der Waals surface area contributed by atoms with Crippen molar-refractivity contribution >= 4 is 29.6 Å². The van der Waals surface area contributed by atoms with Gasteiger partial charge in [-0.15, -0.1) is 0 Å². The van der Waals surface area contributed by atoms with Gasteiger partial charge in [0.15, 0.2) is 18.2 Å². The number of rotatable bonds is 9. The number of benzene rings is 1. The van der Waals surface area contributed by atoms with Gasteiger partial charge in [-0.25, -0.2) is 19.1 Å². The summed E-state index contributed by atoms with van der Waals surface area (Å²) in [5.74, 6) is -5.50. The predicted octanol–water partition coefficient (Wildman–Crippen LogP) is 5.90. The van der Waals surface area contributed by atoms with Crippen LogP contribution < -0.4 is 0 Å². The number of carbonyl (C=O) groups excluding carboxylic acids is 5. The molecule has 1 aromatic carbocycles. The van der Waals surface area contributed by atoms with Crippen LogP contribution in [0.1, 0.15) is 97.9 Å². The first-order valence-electron chi connectivity index (χ1n) is 19.7. The number of aromatic nitrogens is 2. The molecule has 3 heterocycles. The van der Waals surface area contributed by atoms with E-state index in [1.54, 1.807) is 65.0 Å². The summed E-state index contributed by atoms with van der Waals surface area (Å²) in [6.45, 7) is 13.9. The molecule has 1 aromatic heterocycles. The largest absolute Gasteiger partial charge is 0.458 e. The molecule has 2 aromatic rings. The van der Waals surface area contributed by atoms with E-state index < -0.39 is 83.3 Å². The molecule has 0 saturated carbocycles. The van der Waals surface area contributed by atoms with Crippen molar-refractivity contribution in [1.29, 1.82) is 0 Å². The Morgan fingerprint density at radius 3 is 2.21 bits per heavy atom. The number of methoxy groups -OCH3 is 1. The van der Waals surface area contributed by atoms with Crippen molar-refractivity contribution in [3.05, 3.63) is 54.6 Å². The Morgan fingerprint density at radius 1 is 0.964 bits per heavy atom. The fourth-order valence-electron chi connectivity index (χ4n) is 8.23. The standard InChI is InChI=1S/C42H61N3O11/c1-12-29-23-41(7,56-40(50)45-20-19-43-24-45)32(13-2)53-37(48)28(6)34(47)27(5)36(42(8,51-11)22-25(3)33(29)46)55-39-35(31(44(9)10)21-26(4)52-39)54-38(49)30-17-15-14-16-18-30/h14-20,24-29,31-32,35-36,39H,12-13,21-23H2,1-11H3/t25-,26-,27+,28-,29?,31+,32-,35-,36-,39+,41+,42+/m1/s1. The number of ketones is 2. The molecular formula is C42H61N3O11. The van der Waals surface area contributed by atoms with Crippen molar-refractivity contribution in [2.45, 2.75) is 135 Å². The van der Waals surface area contributed by atoms with E-state index in [4.69, 9.17) is 28.4 Å². The van der Waals surface area contributed by atoms with Crippen LogP contribution in [-0.4, -0.2) is 113 Å². The summed E-state index contributed by atoms with van der Waals surface area (Å²) < 4.78 is 38.9. The Labute approximate surface area is 330 Å². The third-order valence-corrected chi connectivity index (χ3v) is 11.6. The van der Waals surface area contributed by atoms with Crippen LogP contribution >= 0.6 is 0 Å². The maximum absolute atomic E-state index is 14.5. The quantitative estimate of drug-likeness (QED) is 0.168. The van der Waals surface area contributed by atoms with Crippen molar-refractivity contribution in [1.82, 2.24) is 14.5 Å². The van der Waals surface area contributed by atoms with Gasteiger partial charge < -0.3 is 33.3 Å². The van der Waals surface area contributed by atoms with E-state index in [9.17, 15) is 24.0 Å². The second-order valence-corrected chi connectivity index (χ2v) is 16.1. The molecule has 14 heteroatoms. The third-order valence-electron chi connectivity index (χ3n) is 11.6. The highest BCUT2D eigenvalue weighted by atomic mass is 16.7. The monoisotopic (exact) mass is 783 g/mol. The van der Waals surface area contributed by atoms with Gasteiger partial charge in [-0.2, -0.15) is 0 Å². The fraction of sp³-hybridized carbons (Fsp3) is 0.667. The molecule has 2 aliphatic rings. The van der Waals surface area contributed by atoms with Crippen LogP contribution in [0, 0.1) is 23.7 Å². The smallest absolute Gasteiger partial charge is 0.419 e. The number of likely N-dealkylation sites (N-methyl/N-ethyl adjacent to an activating group) is 1. The first kappa shape index (κ1) is 44.7. The van der Waals surface area contributed by atoms with Crippen molar-refractivity contribution < 1.29 is 52.4 Å². The van der Waals surface area contributed by atoms with Gasteiger partial charge in [0, 0.05) is 43.7 Å². The van der Waals surface area contributed by atoms with Crippen LogP contribution in [0.3, 0.4) is 0 Å². The molecule has 1 unspecified atom stereocenters. The van der Waals surface area contributed by atoms with E-state index in [2.05, 4.69) is 4.98 Å². The molecule has 2 aliphatic heterocycles. The van der Waals surface area contributed by atoms with Crippen LogP contribution in [0.2, 0.25) is 0 Å². The molecule has 0 N–H and O–H groups in total. The van der Waals surface area contributed by atoms with E-state index in [1.807, 2.05) is 32.8 Å². The normalized spacial score (nSPS) is 35.0. The zero-order valence-electron chi connectivity index (χ0n) is 34.8. The number of esters is 2. The number of ether oxygens (including phenoxy) is 6. The lowest BCUT2D eigenvalue weighted by Gasteiger charge is -2.47. The summed E-state index contributed by atoms with van der Waals surface area (Å²) in [6, 6.07) is 8.29. The second-order valence-electron chi connectivity index (χ2n) is 16.1. The highest BCUT2D eigenvalue weighted by molar-refractivity contribution is 6.00. The fourth-order valence-corrected chi connectivity index (χ4v) is 8.23. The number of imidazole rings is 1. The van der Waals surface area contributed by atoms with Crippen LogP contribution in [0.5, 0.6) is 0 Å². The second kappa shape index (κ2) is 19.0. The van der Waals surface area contributed by atoms with Crippen molar-refractivity contribution in [2.24, 2.45) is 23.7 Å². The lowest BCUT2D eigenvalue weighted by Crippen LogP contribution is -2.60. The topological polar surface area (TPSA) is 162 Å². The zero-order valence-corrected chi connectivity index (χ0v) is 34.8. The average Bonchev–Trinajstić information content (AvgIpc) is 3.73. The zero-order chi connectivity index (χ0) is 41.5. The highest BCUT2D eigenvalue weighted by Crippen LogP contribution is 2.40. The van der Waals surface area contributed by atoms with Gasteiger partial charge in [0.1, 0.15) is 29.7 Å². The molecule has 310 valence electrons. The van der Waals surface area contributed by atoms with E-state index in [1.165, 1.54) is 37.3 Å². The van der Waals surface area contributed by atoms with Crippen LogP contribution in [0.25, 0.3) is 0 Å². The Morgan fingerprint density at radius 2 is 1.64 bits per heavy atom. The van der Waals surface area contributed by atoms with Gasteiger partial charge in [-0.3, -0.25) is 14.4 Å². The van der Waals surface area contributed by atoms with E-state index in [0.29, 0.717) is 18.4 Å². The minimum Gasteiger partial charge on any atom is -0.458 e. The number of hydrogen-bond donors (Lipinski definition) is 0. The molecule has 0 aliphatic carbocycles. The van der Waals surface area contributed by atoms with Crippen LogP contribution in [0.4, 0.5) is 4.79 Å². The Bertz CT molecular complexity index is 1650. The van der Waals surface area contributed by atoms with Crippen molar-refractivity contribution in [3.63, 3.8) is 0 Å². The summed E-state index contributed by atoms with van der Waals surface area (Å²) in [4.78, 5) is 75.6. The Kier molecular flexibility index (Phi) is 15.2. The summed E-state index contributed by atoms with van der Waals surface area (Å²) in [6.07, 6.45) is 0.290. The molecular weight excluding hydrogens is 722 g/mol. The first-order valence-corrected chi connectivity index (χ1v) is 19.7. The summed E-state index contributed by atoms with van der Waals surface area (Å²) in [7, 11) is 5.25. The molecule has 0 radical (unpaired) electrons. The number of cyclic esters (lactones) is 1. The van der Waals surface area contributed by atoms with Crippen LogP contribution in [0.15, 0.2) is 49.1 Å². The molecule has 0 bridgehead atoms. The molecule has 12 atom stereocenters. The SMILES string of the molecule is CCC1C[C@](C)(OC(=O)n2ccnc2)[C@@H](CC)OC(=O)[C@H](C)C(=O)[C@H](C)[C@@H](O[C@@H]2O[C@H](C)C[C@H](N(C)C)[C@H]2OC(=O)c2ccccc2)[C@@](C)(OC)C[C@@H](C)C1=O. The van der Waals surface area contributed by atoms with Gasteiger partial charge >= 0.3 is 18.0 Å². The van der Waals surface area contributed by atoms with Crippen molar-refractivity contribution in [3.8, 4) is 0 Å². The van der Waals surface area contributed by atoms with Gasteiger partial charge in [-0.05, 0) is 79.6 Å². The minimum atomic E-state index is -1.44. The summed E-state index contributed by atoms with van der Waals surface area (Å²) in [5.41, 5.74) is -2.39. The third kappa shape index (κ3) is 10.1. The lowest BCUT2D eigenvalue weighted by atomic mass is 9.74. The first-order chi connectivity index (χ1) is 26.4. The lowest BCUT2D eigenvalue weighted by molar-refractivity contribution is -0.294. The molecule has 56 heavy (non-hydrogen) atoms. The predicted molar refractivity (Wildman–Crippen MR) is 206 cm³/mol. The van der Waals surface area contributed by atoms with Gasteiger partial charge in [0.05, 0.1) is 29.4 Å². The number of nitrogens with zero attached hydrogens (tertiary/aromatic N) is 3. The molecule has 14 nitrogen and oxygen atoms in total. The van der Waals surface area contributed by atoms with Crippen LogP contribution in [-0.2, 0) is 42.8 Å². The van der Waals surface area contributed by atoms with E-state index in [-0.39, 0.29) is 37.2 Å². The number of hydrogen-bond acceptors (Lipinski definition) is 13. The van der Waals surface area contributed by atoms with Crippen molar-refractivity contribution in [2.75, 3.05) is 21.2 Å². The maximum Gasteiger partial charge on any atom is 0.419 e. The maximum atomic E-state index is 14.5. The number of carbonyl (C=O) groups is 5. The minimum absolute atomic E-state index is 0.0510. The van der Waals surface area contributed by atoms with Gasteiger partial charge in [0.2, 0.25) is 0 Å². The molecule has 4 rings (SSSR count). The average molecular weight is 784 g/mol. The molecule has 0 amide bonds. The number of Topliss-reactive ketones (excluding diaryl/α,β-unsaturated/α-hetero) is 2. The Balaban J connectivity index is 1.77. The molecule has 2 saturated heterocycles. The van der Waals surface area contributed by atoms with Gasteiger partial charge in [0.25, 0.3) is 0 Å². The summed E-state index contributed by atoms with van der Waals surface area (Å²) in [5, 5.41) is 0. The van der Waals surface area contributed by atoms with E-state index in [0.717, 1.165) is 0 Å². The summed E-state index contributed by atoms with van der Waals surface area (Å²) >= 11 is 0. The Hall–Kier alpha value is -3.98. The molecule has 0 spiro atoms.